The monoisotopic (exact) mass is 369 g/mol. The van der Waals surface area contributed by atoms with E-state index in [0.717, 1.165) is 50.1 Å². The van der Waals surface area contributed by atoms with Gasteiger partial charge in [-0.25, -0.2) is 4.98 Å². The number of nitrogens with one attached hydrogen (secondary N) is 1. The molecular weight excluding hydrogens is 338 g/mol. The summed E-state index contributed by atoms with van der Waals surface area (Å²) < 4.78 is 5.86. The highest BCUT2D eigenvalue weighted by atomic mass is 16.5. The highest BCUT2D eigenvalue weighted by Gasteiger charge is 2.31. The smallest absolute Gasteiger partial charge is 0.251 e. The second kappa shape index (κ2) is 8.36. The number of ether oxygens (including phenoxy) is 1. The Labute approximate surface area is 161 Å². The summed E-state index contributed by atoms with van der Waals surface area (Å²) >= 11 is 0. The van der Waals surface area contributed by atoms with Crippen molar-refractivity contribution in [2.24, 2.45) is 0 Å². The summed E-state index contributed by atoms with van der Waals surface area (Å²) in [6.45, 7) is 8.04. The molecule has 2 aromatic rings. The molecule has 146 valence electrons. The zero-order valence-electron chi connectivity index (χ0n) is 16.9. The molecule has 1 N–H and O–H groups in total. The minimum Gasteiger partial charge on any atom is -0.375 e. The van der Waals surface area contributed by atoms with Crippen molar-refractivity contribution >= 4 is 0 Å². The van der Waals surface area contributed by atoms with Crippen LogP contribution in [0.25, 0.3) is 11.4 Å². The predicted molar refractivity (Wildman–Crippen MR) is 109 cm³/mol. The van der Waals surface area contributed by atoms with Crippen molar-refractivity contribution in [1.82, 2.24) is 14.9 Å². The van der Waals surface area contributed by atoms with E-state index in [1.807, 2.05) is 12.1 Å². The molecule has 1 saturated heterocycles. The summed E-state index contributed by atoms with van der Waals surface area (Å²) in [5, 5.41) is 0. The van der Waals surface area contributed by atoms with E-state index >= 15 is 0 Å². The van der Waals surface area contributed by atoms with E-state index in [4.69, 9.17) is 9.72 Å². The first-order chi connectivity index (χ1) is 12.9. The lowest BCUT2D eigenvalue weighted by Gasteiger charge is -2.40. The minimum atomic E-state index is -0.0854. The largest absolute Gasteiger partial charge is 0.375 e. The lowest BCUT2D eigenvalue weighted by Crippen LogP contribution is -2.44. The van der Waals surface area contributed by atoms with Crippen LogP contribution in [0.2, 0.25) is 0 Å². The summed E-state index contributed by atoms with van der Waals surface area (Å²) in [4.78, 5) is 22.1. The fraction of sp³-hybridized carbons (Fsp3) is 0.545. The molecule has 1 aromatic heterocycles. The molecule has 5 heteroatoms. The molecule has 0 aliphatic carbocycles. The third-order valence-corrected chi connectivity index (χ3v) is 5.29. The molecule has 0 bridgehead atoms. The summed E-state index contributed by atoms with van der Waals surface area (Å²) in [5.41, 5.74) is 2.88. The molecule has 0 radical (unpaired) electrons. The van der Waals surface area contributed by atoms with E-state index in [2.05, 4.69) is 49.8 Å². The first-order valence-corrected chi connectivity index (χ1v) is 9.90. The van der Waals surface area contributed by atoms with Crippen LogP contribution in [-0.4, -0.2) is 40.2 Å². The van der Waals surface area contributed by atoms with E-state index in [1.54, 1.807) is 6.07 Å². The van der Waals surface area contributed by atoms with Crippen molar-refractivity contribution in [3.63, 3.8) is 0 Å². The quantitative estimate of drug-likeness (QED) is 0.842. The molecule has 1 aliphatic rings. The molecule has 2 heterocycles. The topological polar surface area (TPSA) is 58.2 Å². The fourth-order valence-corrected chi connectivity index (χ4v) is 3.88. The van der Waals surface area contributed by atoms with Gasteiger partial charge in [-0.3, -0.25) is 9.69 Å². The second-order valence-electron chi connectivity index (χ2n) is 8.16. The van der Waals surface area contributed by atoms with E-state index in [9.17, 15) is 4.79 Å². The molecular formula is C22H31N3O2. The average molecular weight is 370 g/mol. The third-order valence-electron chi connectivity index (χ3n) is 5.29. The van der Waals surface area contributed by atoms with Crippen LogP contribution in [-0.2, 0) is 17.7 Å². The number of benzene rings is 1. The standard InChI is InChI=1S/C22H31N3O2/c1-5-8-17-13-20(26)24-21(23-17)19-10-7-6-9-16(19)15-25(4)18-11-12-27-22(2,3)14-18/h6-7,9-10,13,18H,5,8,11-12,14-15H2,1-4H3,(H,23,24,26). The van der Waals surface area contributed by atoms with Gasteiger partial charge in [0.15, 0.2) is 0 Å². The third kappa shape index (κ3) is 5.05. The average Bonchev–Trinajstić information content (AvgIpc) is 2.61. The summed E-state index contributed by atoms with van der Waals surface area (Å²) in [7, 11) is 2.17. The maximum Gasteiger partial charge on any atom is 0.251 e. The number of H-pyrrole nitrogens is 1. The lowest BCUT2D eigenvalue weighted by atomic mass is 9.92. The van der Waals surface area contributed by atoms with Gasteiger partial charge in [0.05, 0.1) is 5.60 Å². The Bertz CT molecular complexity index is 828. The number of aromatic nitrogens is 2. The maximum atomic E-state index is 12.1. The molecule has 1 aliphatic heterocycles. The molecule has 3 rings (SSSR count). The Balaban J connectivity index is 1.85. The van der Waals surface area contributed by atoms with Gasteiger partial charge in [0.25, 0.3) is 5.56 Å². The molecule has 1 fully saturated rings. The van der Waals surface area contributed by atoms with Crippen molar-refractivity contribution < 1.29 is 4.74 Å². The van der Waals surface area contributed by atoms with Crippen LogP contribution in [0, 0.1) is 0 Å². The molecule has 1 unspecified atom stereocenters. The van der Waals surface area contributed by atoms with Crippen LogP contribution in [0.15, 0.2) is 35.1 Å². The zero-order chi connectivity index (χ0) is 19.4. The SMILES string of the molecule is CCCc1cc(=O)[nH]c(-c2ccccc2CN(C)C2CCOC(C)(C)C2)n1. The number of nitrogens with zero attached hydrogens (tertiary/aromatic N) is 2. The van der Waals surface area contributed by atoms with E-state index in [-0.39, 0.29) is 11.2 Å². The van der Waals surface area contributed by atoms with Crippen molar-refractivity contribution in [1.29, 1.82) is 0 Å². The maximum absolute atomic E-state index is 12.1. The van der Waals surface area contributed by atoms with Gasteiger partial charge >= 0.3 is 0 Å². The number of hydrogen-bond donors (Lipinski definition) is 1. The fourth-order valence-electron chi connectivity index (χ4n) is 3.88. The first-order valence-electron chi connectivity index (χ1n) is 9.90. The van der Waals surface area contributed by atoms with Crippen molar-refractivity contribution in [3.05, 3.63) is 51.9 Å². The number of hydrogen-bond acceptors (Lipinski definition) is 4. The Morgan fingerprint density at radius 2 is 2.11 bits per heavy atom. The van der Waals surface area contributed by atoms with E-state index in [0.29, 0.717) is 11.9 Å². The molecule has 1 atom stereocenters. The molecule has 27 heavy (non-hydrogen) atoms. The van der Waals surface area contributed by atoms with Crippen LogP contribution in [0.5, 0.6) is 0 Å². The van der Waals surface area contributed by atoms with Gasteiger partial charge in [0.1, 0.15) is 5.82 Å². The van der Waals surface area contributed by atoms with Gasteiger partial charge in [-0.05, 0) is 45.7 Å². The minimum absolute atomic E-state index is 0.0715. The van der Waals surface area contributed by atoms with Crippen LogP contribution in [0.3, 0.4) is 0 Å². The highest BCUT2D eigenvalue weighted by Crippen LogP contribution is 2.29. The first kappa shape index (κ1) is 19.8. The van der Waals surface area contributed by atoms with Crippen molar-refractivity contribution in [3.8, 4) is 11.4 Å². The second-order valence-corrected chi connectivity index (χ2v) is 8.16. The van der Waals surface area contributed by atoms with Gasteiger partial charge in [-0.2, -0.15) is 0 Å². The van der Waals surface area contributed by atoms with E-state index in [1.165, 1.54) is 5.56 Å². The van der Waals surface area contributed by atoms with Crippen LogP contribution in [0.4, 0.5) is 0 Å². The Kier molecular flexibility index (Phi) is 6.12. The summed E-state index contributed by atoms with van der Waals surface area (Å²) in [6.07, 6.45) is 3.85. The molecule has 1 aromatic carbocycles. The predicted octanol–water partition coefficient (Wildman–Crippen LogP) is 3.78. The van der Waals surface area contributed by atoms with Gasteiger partial charge in [0, 0.05) is 36.5 Å². The zero-order valence-corrected chi connectivity index (χ0v) is 16.9. The lowest BCUT2D eigenvalue weighted by molar-refractivity contribution is -0.0809. The Hall–Kier alpha value is -1.98. The molecule has 0 spiro atoms. The number of aryl methyl sites for hydroxylation is 1. The van der Waals surface area contributed by atoms with Crippen molar-refractivity contribution in [2.45, 2.75) is 64.6 Å². The summed E-state index contributed by atoms with van der Waals surface area (Å²) in [6, 6.07) is 10.3. The van der Waals surface area contributed by atoms with Crippen LogP contribution < -0.4 is 5.56 Å². The van der Waals surface area contributed by atoms with Gasteiger partial charge < -0.3 is 9.72 Å². The van der Waals surface area contributed by atoms with Crippen LogP contribution in [0.1, 0.15) is 51.3 Å². The van der Waals surface area contributed by atoms with Gasteiger partial charge in [-0.1, -0.05) is 37.6 Å². The Morgan fingerprint density at radius 3 is 2.85 bits per heavy atom. The summed E-state index contributed by atoms with van der Waals surface area (Å²) in [5.74, 6) is 0.669. The van der Waals surface area contributed by atoms with Gasteiger partial charge in [-0.15, -0.1) is 0 Å². The Morgan fingerprint density at radius 1 is 1.33 bits per heavy atom. The normalized spacial score (nSPS) is 19.4. The highest BCUT2D eigenvalue weighted by molar-refractivity contribution is 5.60. The number of rotatable bonds is 6. The molecule has 0 saturated carbocycles. The van der Waals surface area contributed by atoms with Crippen molar-refractivity contribution in [2.75, 3.05) is 13.7 Å². The van der Waals surface area contributed by atoms with Crippen LogP contribution >= 0.6 is 0 Å². The van der Waals surface area contributed by atoms with E-state index < -0.39 is 0 Å². The molecule has 0 amide bonds. The number of aromatic amines is 1. The van der Waals surface area contributed by atoms with Gasteiger partial charge in [0.2, 0.25) is 0 Å². The molecule has 5 nitrogen and oxygen atoms in total.